The molecule has 2 rings (SSSR count). The number of carbonyl (C=O) groups is 1. The summed E-state index contributed by atoms with van der Waals surface area (Å²) in [6.07, 6.45) is 1.88. The number of nitrogens with two attached hydrogens (primary N) is 1. The molecular weight excluding hydrogens is 290 g/mol. The third kappa shape index (κ3) is 4.16. The van der Waals surface area contributed by atoms with E-state index in [1.807, 2.05) is 0 Å². The van der Waals surface area contributed by atoms with E-state index in [1.54, 1.807) is 23.1 Å². The Morgan fingerprint density at radius 1 is 1.45 bits per heavy atom. The van der Waals surface area contributed by atoms with E-state index >= 15 is 0 Å². The van der Waals surface area contributed by atoms with Crippen LogP contribution in [0.2, 0.25) is 0 Å². The zero-order chi connectivity index (χ0) is 16.1. The molecule has 1 aromatic rings. The highest BCUT2D eigenvalue weighted by Gasteiger charge is 2.29. The standard InChI is InChI=1S/C16H22F2N2O2/c1-11-6-7-20(13(8-11)10-19)15(21)9-12-4-2-3-5-14(12)22-16(17)18/h2-5,11,13,16H,6-10,19H2,1H3. The maximum Gasteiger partial charge on any atom is 0.387 e. The van der Waals surface area contributed by atoms with Crippen LogP contribution in [0, 0.1) is 5.92 Å². The van der Waals surface area contributed by atoms with Gasteiger partial charge in [0.25, 0.3) is 0 Å². The Kier molecular flexibility index (Phi) is 5.71. The highest BCUT2D eigenvalue weighted by molar-refractivity contribution is 5.80. The summed E-state index contributed by atoms with van der Waals surface area (Å²) >= 11 is 0. The van der Waals surface area contributed by atoms with E-state index in [1.165, 1.54) is 6.07 Å². The molecule has 4 nitrogen and oxygen atoms in total. The van der Waals surface area contributed by atoms with Crippen molar-refractivity contribution in [3.05, 3.63) is 29.8 Å². The molecule has 1 fully saturated rings. The number of piperidine rings is 1. The minimum Gasteiger partial charge on any atom is -0.435 e. The number of para-hydroxylation sites is 1. The average molecular weight is 312 g/mol. The highest BCUT2D eigenvalue weighted by Crippen LogP contribution is 2.25. The molecule has 1 amide bonds. The fourth-order valence-corrected chi connectivity index (χ4v) is 2.93. The molecule has 1 aliphatic rings. The molecule has 1 aromatic carbocycles. The first-order valence-electron chi connectivity index (χ1n) is 7.53. The lowest BCUT2D eigenvalue weighted by Gasteiger charge is -2.38. The summed E-state index contributed by atoms with van der Waals surface area (Å²) < 4.78 is 29.3. The minimum atomic E-state index is -2.90. The Morgan fingerprint density at radius 2 is 2.18 bits per heavy atom. The largest absolute Gasteiger partial charge is 0.435 e. The van der Waals surface area contributed by atoms with Crippen molar-refractivity contribution in [3.63, 3.8) is 0 Å². The Labute approximate surface area is 129 Å². The monoisotopic (exact) mass is 312 g/mol. The Morgan fingerprint density at radius 3 is 2.86 bits per heavy atom. The van der Waals surface area contributed by atoms with Gasteiger partial charge < -0.3 is 15.4 Å². The van der Waals surface area contributed by atoms with Crippen molar-refractivity contribution >= 4 is 5.91 Å². The fraction of sp³-hybridized carbons (Fsp3) is 0.562. The number of ether oxygens (including phenoxy) is 1. The van der Waals surface area contributed by atoms with Gasteiger partial charge >= 0.3 is 6.61 Å². The second kappa shape index (κ2) is 7.54. The molecule has 0 radical (unpaired) electrons. The summed E-state index contributed by atoms with van der Waals surface area (Å²) in [4.78, 5) is 14.3. The van der Waals surface area contributed by atoms with E-state index in [-0.39, 0.29) is 24.1 Å². The van der Waals surface area contributed by atoms with Crippen LogP contribution in [-0.4, -0.2) is 36.5 Å². The fourth-order valence-electron chi connectivity index (χ4n) is 2.93. The first-order valence-corrected chi connectivity index (χ1v) is 7.53. The van der Waals surface area contributed by atoms with Gasteiger partial charge in [-0.2, -0.15) is 8.78 Å². The first-order chi connectivity index (χ1) is 10.5. The van der Waals surface area contributed by atoms with Crippen LogP contribution >= 0.6 is 0 Å². The lowest BCUT2D eigenvalue weighted by Crippen LogP contribution is -2.49. The van der Waals surface area contributed by atoms with Gasteiger partial charge in [0.15, 0.2) is 0 Å². The topological polar surface area (TPSA) is 55.6 Å². The number of halogens is 2. The summed E-state index contributed by atoms with van der Waals surface area (Å²) in [5, 5.41) is 0. The van der Waals surface area contributed by atoms with Crippen LogP contribution in [0.3, 0.4) is 0 Å². The van der Waals surface area contributed by atoms with Crippen molar-refractivity contribution in [2.75, 3.05) is 13.1 Å². The zero-order valence-corrected chi connectivity index (χ0v) is 12.7. The lowest BCUT2D eigenvalue weighted by molar-refractivity contribution is -0.134. The lowest BCUT2D eigenvalue weighted by atomic mass is 9.92. The Hall–Kier alpha value is -1.69. The van der Waals surface area contributed by atoms with Crippen molar-refractivity contribution in [1.29, 1.82) is 0 Å². The van der Waals surface area contributed by atoms with Gasteiger partial charge in [0.2, 0.25) is 5.91 Å². The predicted molar refractivity (Wildman–Crippen MR) is 79.7 cm³/mol. The van der Waals surface area contributed by atoms with Gasteiger partial charge in [0.05, 0.1) is 6.42 Å². The van der Waals surface area contributed by atoms with Crippen molar-refractivity contribution in [2.45, 2.75) is 38.8 Å². The minimum absolute atomic E-state index is 0.0272. The SMILES string of the molecule is CC1CCN(C(=O)Cc2ccccc2OC(F)F)C(CN)C1. The van der Waals surface area contributed by atoms with Crippen LogP contribution in [0.5, 0.6) is 5.75 Å². The number of hydrogen-bond acceptors (Lipinski definition) is 3. The molecule has 0 aromatic heterocycles. The molecule has 0 saturated carbocycles. The second-order valence-corrected chi connectivity index (χ2v) is 5.77. The molecule has 122 valence electrons. The van der Waals surface area contributed by atoms with Crippen LogP contribution in [0.25, 0.3) is 0 Å². The third-order valence-electron chi connectivity index (χ3n) is 4.10. The Bertz CT molecular complexity index is 511. The van der Waals surface area contributed by atoms with E-state index in [2.05, 4.69) is 11.7 Å². The van der Waals surface area contributed by atoms with Crippen molar-refractivity contribution in [2.24, 2.45) is 11.7 Å². The molecule has 22 heavy (non-hydrogen) atoms. The summed E-state index contributed by atoms with van der Waals surface area (Å²) in [6.45, 7) is 0.338. The van der Waals surface area contributed by atoms with E-state index in [9.17, 15) is 13.6 Å². The van der Waals surface area contributed by atoms with Crippen molar-refractivity contribution < 1.29 is 18.3 Å². The van der Waals surface area contributed by atoms with E-state index in [0.29, 0.717) is 24.6 Å². The molecule has 6 heteroatoms. The summed E-state index contributed by atoms with van der Waals surface area (Å²) in [6, 6.07) is 6.43. The van der Waals surface area contributed by atoms with Gasteiger partial charge in [-0.3, -0.25) is 4.79 Å². The molecule has 1 heterocycles. The second-order valence-electron chi connectivity index (χ2n) is 5.77. The molecule has 0 spiro atoms. The molecular formula is C16H22F2N2O2. The molecule has 0 aliphatic carbocycles. The van der Waals surface area contributed by atoms with E-state index < -0.39 is 6.61 Å². The quantitative estimate of drug-likeness (QED) is 0.908. The van der Waals surface area contributed by atoms with Crippen LogP contribution < -0.4 is 10.5 Å². The van der Waals surface area contributed by atoms with Gasteiger partial charge in [-0.15, -0.1) is 0 Å². The number of likely N-dealkylation sites (tertiary alicyclic amines) is 1. The smallest absolute Gasteiger partial charge is 0.387 e. The summed E-state index contributed by atoms with van der Waals surface area (Å²) in [5.41, 5.74) is 6.24. The number of nitrogens with zero attached hydrogens (tertiary/aromatic N) is 1. The predicted octanol–water partition coefficient (Wildman–Crippen LogP) is 2.42. The van der Waals surface area contributed by atoms with Crippen LogP contribution in [-0.2, 0) is 11.2 Å². The average Bonchev–Trinajstić information content (AvgIpc) is 2.48. The van der Waals surface area contributed by atoms with Crippen molar-refractivity contribution in [3.8, 4) is 5.75 Å². The molecule has 0 bridgehead atoms. The highest BCUT2D eigenvalue weighted by atomic mass is 19.3. The molecule has 1 aliphatic heterocycles. The number of benzene rings is 1. The molecule has 1 saturated heterocycles. The van der Waals surface area contributed by atoms with Gasteiger partial charge in [-0.25, -0.2) is 0 Å². The van der Waals surface area contributed by atoms with E-state index in [0.717, 1.165) is 12.8 Å². The summed E-state index contributed by atoms with van der Waals surface area (Å²) in [7, 11) is 0. The number of amides is 1. The number of alkyl halides is 2. The summed E-state index contributed by atoms with van der Waals surface area (Å²) in [5.74, 6) is 0.514. The van der Waals surface area contributed by atoms with Crippen LogP contribution in [0.1, 0.15) is 25.3 Å². The van der Waals surface area contributed by atoms with Gasteiger partial charge in [0.1, 0.15) is 5.75 Å². The molecule has 2 atom stereocenters. The first kappa shape index (κ1) is 16.7. The zero-order valence-electron chi connectivity index (χ0n) is 12.7. The Balaban J connectivity index is 2.08. The van der Waals surface area contributed by atoms with Crippen molar-refractivity contribution in [1.82, 2.24) is 4.90 Å². The maximum absolute atomic E-state index is 12.5. The van der Waals surface area contributed by atoms with Gasteiger partial charge in [-0.1, -0.05) is 25.1 Å². The van der Waals surface area contributed by atoms with Crippen LogP contribution in [0.15, 0.2) is 24.3 Å². The normalized spacial score (nSPS) is 22.0. The molecule has 2 unspecified atom stereocenters. The van der Waals surface area contributed by atoms with Gasteiger partial charge in [-0.05, 0) is 24.8 Å². The van der Waals surface area contributed by atoms with Crippen LogP contribution in [0.4, 0.5) is 8.78 Å². The number of rotatable bonds is 5. The van der Waals surface area contributed by atoms with E-state index in [4.69, 9.17) is 5.73 Å². The van der Waals surface area contributed by atoms with Gasteiger partial charge in [0, 0.05) is 24.7 Å². The number of hydrogen-bond donors (Lipinski definition) is 1. The number of carbonyl (C=O) groups excluding carboxylic acids is 1. The molecule has 2 N–H and O–H groups in total. The maximum atomic E-state index is 12.5. The third-order valence-corrected chi connectivity index (χ3v) is 4.10.